The van der Waals surface area contributed by atoms with E-state index >= 15 is 0 Å². The van der Waals surface area contributed by atoms with Gasteiger partial charge in [-0.05, 0) is 17.7 Å². The molecule has 22 heavy (non-hydrogen) atoms. The highest BCUT2D eigenvalue weighted by molar-refractivity contribution is 6.30. The maximum absolute atomic E-state index is 11.8. The molecule has 0 bridgehead atoms. The van der Waals surface area contributed by atoms with Crippen LogP contribution in [-0.4, -0.2) is 43.5 Å². The molecule has 1 rings (SSSR count). The van der Waals surface area contributed by atoms with Crippen LogP contribution < -0.4 is 11.1 Å². The Hall–Kier alpha value is -2.28. The predicted octanol–water partition coefficient (Wildman–Crippen LogP) is 1.07. The van der Waals surface area contributed by atoms with Gasteiger partial charge in [0.1, 0.15) is 0 Å². The quantitative estimate of drug-likeness (QED) is 0.763. The molecule has 3 amide bonds. The molecule has 1 aromatic carbocycles. The van der Waals surface area contributed by atoms with E-state index in [-0.39, 0.29) is 18.9 Å². The molecular weight excluding hydrogens is 310 g/mol. The molecule has 0 spiro atoms. The van der Waals surface area contributed by atoms with Gasteiger partial charge in [0.2, 0.25) is 0 Å². The van der Waals surface area contributed by atoms with Crippen LogP contribution >= 0.6 is 11.6 Å². The first kappa shape index (κ1) is 17.8. The fourth-order valence-corrected chi connectivity index (χ4v) is 1.74. The molecule has 0 aromatic heterocycles. The van der Waals surface area contributed by atoms with Crippen LogP contribution in [0.5, 0.6) is 0 Å². The molecule has 3 N–H and O–H groups in total. The summed E-state index contributed by atoms with van der Waals surface area (Å²) in [4.78, 5) is 35.5. The minimum atomic E-state index is -0.767. The summed E-state index contributed by atoms with van der Waals surface area (Å²) in [5, 5.41) is 2.98. The fourth-order valence-electron chi connectivity index (χ4n) is 1.62. The van der Waals surface area contributed by atoms with Crippen molar-refractivity contribution >= 4 is 29.5 Å². The average molecular weight is 328 g/mol. The van der Waals surface area contributed by atoms with E-state index in [4.69, 9.17) is 22.1 Å². The SMILES string of the molecule is CN(C)C(=O)COC(=O)C[C@H](NC(N)=O)c1ccc(Cl)cc1. The molecule has 8 heteroatoms. The third kappa shape index (κ3) is 6.01. The van der Waals surface area contributed by atoms with E-state index in [0.29, 0.717) is 10.6 Å². The van der Waals surface area contributed by atoms with Crippen LogP contribution in [0.25, 0.3) is 0 Å². The molecule has 1 aromatic rings. The molecule has 7 nitrogen and oxygen atoms in total. The van der Waals surface area contributed by atoms with Crippen molar-refractivity contribution in [1.29, 1.82) is 0 Å². The first-order valence-corrected chi connectivity index (χ1v) is 6.84. The lowest BCUT2D eigenvalue weighted by Gasteiger charge is -2.17. The van der Waals surface area contributed by atoms with Gasteiger partial charge in [-0.25, -0.2) is 4.79 Å². The maximum Gasteiger partial charge on any atom is 0.312 e. The molecule has 1 atom stereocenters. The number of esters is 1. The van der Waals surface area contributed by atoms with E-state index in [2.05, 4.69) is 5.32 Å². The summed E-state index contributed by atoms with van der Waals surface area (Å²) in [6.07, 6.45) is -0.148. The van der Waals surface area contributed by atoms with Gasteiger partial charge in [0, 0.05) is 19.1 Å². The zero-order valence-electron chi connectivity index (χ0n) is 12.3. The number of benzene rings is 1. The van der Waals surface area contributed by atoms with Crippen molar-refractivity contribution in [2.45, 2.75) is 12.5 Å². The zero-order chi connectivity index (χ0) is 16.7. The summed E-state index contributed by atoms with van der Waals surface area (Å²) < 4.78 is 4.87. The molecule has 0 aliphatic carbocycles. The Balaban J connectivity index is 2.69. The molecule has 0 aliphatic heterocycles. The number of urea groups is 1. The highest BCUT2D eigenvalue weighted by Gasteiger charge is 2.19. The third-order valence-corrected chi connectivity index (χ3v) is 3.07. The topological polar surface area (TPSA) is 102 Å². The van der Waals surface area contributed by atoms with E-state index < -0.39 is 18.0 Å². The van der Waals surface area contributed by atoms with E-state index in [0.717, 1.165) is 0 Å². The highest BCUT2D eigenvalue weighted by Crippen LogP contribution is 2.19. The molecule has 0 radical (unpaired) electrons. The largest absolute Gasteiger partial charge is 0.455 e. The summed E-state index contributed by atoms with van der Waals surface area (Å²) in [6.45, 7) is -0.351. The van der Waals surface area contributed by atoms with E-state index in [1.54, 1.807) is 38.4 Å². The van der Waals surface area contributed by atoms with Gasteiger partial charge in [-0.3, -0.25) is 9.59 Å². The van der Waals surface area contributed by atoms with E-state index in [9.17, 15) is 14.4 Å². The number of carbonyl (C=O) groups excluding carboxylic acids is 3. The Morgan fingerprint density at radius 3 is 2.36 bits per heavy atom. The number of nitrogens with zero attached hydrogens (tertiary/aromatic N) is 1. The minimum absolute atomic E-state index is 0.148. The number of amides is 3. The number of primary amides is 1. The predicted molar refractivity (Wildman–Crippen MR) is 81.2 cm³/mol. The number of halogens is 1. The molecule has 0 fully saturated rings. The normalized spacial score (nSPS) is 11.4. The highest BCUT2D eigenvalue weighted by atomic mass is 35.5. The van der Waals surface area contributed by atoms with Crippen LogP contribution in [0.2, 0.25) is 5.02 Å². The number of hydrogen-bond donors (Lipinski definition) is 2. The standard InChI is InChI=1S/C14H18ClN3O4/c1-18(2)12(19)8-22-13(20)7-11(17-14(16)21)9-3-5-10(15)6-4-9/h3-6,11H,7-8H2,1-2H3,(H3,16,17,21)/t11-/m0/s1. The maximum atomic E-state index is 11.8. The van der Waals surface area contributed by atoms with Gasteiger partial charge < -0.3 is 20.7 Å². The Morgan fingerprint density at radius 1 is 1.27 bits per heavy atom. The second-order valence-corrected chi connectivity index (χ2v) is 5.20. The number of nitrogens with two attached hydrogens (primary N) is 1. The van der Waals surface area contributed by atoms with Crippen molar-refractivity contribution in [3.63, 3.8) is 0 Å². The summed E-state index contributed by atoms with van der Waals surface area (Å²) in [5.74, 6) is -0.955. The second kappa shape index (κ2) is 8.23. The van der Waals surface area contributed by atoms with Crippen LogP contribution in [0, 0.1) is 0 Å². The van der Waals surface area contributed by atoms with Crippen molar-refractivity contribution in [1.82, 2.24) is 10.2 Å². The molecular formula is C14H18ClN3O4. The summed E-state index contributed by atoms with van der Waals surface area (Å²) >= 11 is 5.80. The van der Waals surface area contributed by atoms with Gasteiger partial charge >= 0.3 is 12.0 Å². The van der Waals surface area contributed by atoms with Crippen molar-refractivity contribution < 1.29 is 19.1 Å². The molecule has 120 valence electrons. The smallest absolute Gasteiger partial charge is 0.312 e. The lowest BCUT2D eigenvalue weighted by Crippen LogP contribution is -2.35. The first-order valence-electron chi connectivity index (χ1n) is 6.46. The van der Waals surface area contributed by atoms with Gasteiger partial charge in [-0.2, -0.15) is 0 Å². The fraction of sp³-hybridized carbons (Fsp3) is 0.357. The molecule has 0 heterocycles. The van der Waals surface area contributed by atoms with Gasteiger partial charge in [0.05, 0.1) is 12.5 Å². The molecule has 0 saturated heterocycles. The van der Waals surface area contributed by atoms with Crippen LogP contribution in [0.15, 0.2) is 24.3 Å². The molecule has 0 aliphatic rings. The monoisotopic (exact) mass is 327 g/mol. The van der Waals surface area contributed by atoms with Crippen LogP contribution in [-0.2, 0) is 14.3 Å². The Morgan fingerprint density at radius 2 is 1.86 bits per heavy atom. The van der Waals surface area contributed by atoms with Crippen LogP contribution in [0.3, 0.4) is 0 Å². The lowest BCUT2D eigenvalue weighted by molar-refractivity contribution is -0.151. The minimum Gasteiger partial charge on any atom is -0.455 e. The van der Waals surface area contributed by atoms with Crippen molar-refractivity contribution in [3.8, 4) is 0 Å². The number of nitrogens with one attached hydrogen (secondary N) is 1. The molecule has 0 saturated carbocycles. The van der Waals surface area contributed by atoms with Crippen LogP contribution in [0.1, 0.15) is 18.0 Å². The van der Waals surface area contributed by atoms with E-state index in [1.807, 2.05) is 0 Å². The van der Waals surface area contributed by atoms with Gasteiger partial charge in [-0.15, -0.1) is 0 Å². The zero-order valence-corrected chi connectivity index (χ0v) is 13.1. The number of carbonyl (C=O) groups is 3. The number of likely N-dealkylation sites (N-methyl/N-ethyl adjacent to an activating group) is 1. The van der Waals surface area contributed by atoms with Gasteiger partial charge in [0.25, 0.3) is 5.91 Å². The summed E-state index contributed by atoms with van der Waals surface area (Å²) in [6, 6.07) is 5.18. The van der Waals surface area contributed by atoms with Gasteiger partial charge in [-0.1, -0.05) is 23.7 Å². The lowest BCUT2D eigenvalue weighted by atomic mass is 10.0. The summed E-state index contributed by atoms with van der Waals surface area (Å²) in [5.41, 5.74) is 5.76. The Labute approximate surface area is 133 Å². The number of hydrogen-bond acceptors (Lipinski definition) is 4. The van der Waals surface area contributed by atoms with Crippen molar-refractivity contribution in [2.24, 2.45) is 5.73 Å². The Bertz CT molecular complexity index is 546. The third-order valence-electron chi connectivity index (χ3n) is 2.82. The first-order chi connectivity index (χ1) is 10.3. The number of rotatable bonds is 6. The second-order valence-electron chi connectivity index (χ2n) is 4.77. The number of ether oxygens (including phenoxy) is 1. The summed E-state index contributed by atoms with van der Waals surface area (Å²) in [7, 11) is 3.11. The molecule has 0 unspecified atom stereocenters. The Kier molecular flexibility index (Phi) is 6.65. The average Bonchev–Trinajstić information content (AvgIpc) is 2.44. The van der Waals surface area contributed by atoms with Crippen molar-refractivity contribution in [2.75, 3.05) is 20.7 Å². The van der Waals surface area contributed by atoms with Crippen LogP contribution in [0.4, 0.5) is 4.79 Å². The van der Waals surface area contributed by atoms with Crippen molar-refractivity contribution in [3.05, 3.63) is 34.9 Å². The van der Waals surface area contributed by atoms with E-state index in [1.165, 1.54) is 4.90 Å². The van der Waals surface area contributed by atoms with Gasteiger partial charge in [0.15, 0.2) is 6.61 Å².